The van der Waals surface area contributed by atoms with E-state index in [0.717, 1.165) is 16.8 Å². The van der Waals surface area contributed by atoms with Gasteiger partial charge in [-0.15, -0.1) is 11.8 Å². The van der Waals surface area contributed by atoms with Crippen LogP contribution in [0.3, 0.4) is 0 Å². The van der Waals surface area contributed by atoms with E-state index in [2.05, 4.69) is 10.4 Å². The number of carbonyl (C=O) groups is 1. The van der Waals surface area contributed by atoms with Crippen LogP contribution in [0, 0.1) is 6.92 Å². The molecule has 2 aliphatic heterocycles. The summed E-state index contributed by atoms with van der Waals surface area (Å²) in [5.74, 6) is 1.20. The molecule has 1 N–H and O–H groups in total. The Kier molecular flexibility index (Phi) is 4.11. The summed E-state index contributed by atoms with van der Waals surface area (Å²) < 4.78 is 25.5. The van der Waals surface area contributed by atoms with Crippen LogP contribution in [0.15, 0.2) is 30.3 Å². The first-order chi connectivity index (χ1) is 11.9. The second-order valence-electron chi connectivity index (χ2n) is 6.50. The highest BCUT2D eigenvalue weighted by atomic mass is 32.2. The molecule has 1 fully saturated rings. The minimum Gasteiger partial charge on any atom is -0.310 e. The largest absolute Gasteiger partial charge is 0.310 e. The number of sulfone groups is 1. The summed E-state index contributed by atoms with van der Waals surface area (Å²) in [5.41, 5.74) is 2.93. The van der Waals surface area contributed by atoms with Crippen molar-refractivity contribution in [2.24, 2.45) is 0 Å². The maximum absolute atomic E-state index is 12.2. The Hall–Kier alpha value is -1.80. The molecule has 1 amide bonds. The molecule has 0 saturated carbocycles. The number of fused-ring (bicyclic) bond motifs is 1. The molecule has 0 aliphatic carbocycles. The lowest BCUT2D eigenvalue weighted by Gasteiger charge is -2.16. The highest BCUT2D eigenvalue weighted by molar-refractivity contribution is 8.00. The van der Waals surface area contributed by atoms with Crippen LogP contribution in [0.5, 0.6) is 0 Å². The molecule has 2 aromatic rings. The Morgan fingerprint density at radius 1 is 1.28 bits per heavy atom. The molecule has 0 bridgehead atoms. The summed E-state index contributed by atoms with van der Waals surface area (Å²) in [5, 5.41) is 7.58. The second-order valence-corrected chi connectivity index (χ2v) is 9.82. The van der Waals surface area contributed by atoms with Crippen LogP contribution >= 0.6 is 11.8 Å². The van der Waals surface area contributed by atoms with Gasteiger partial charge in [0, 0.05) is 5.56 Å². The van der Waals surface area contributed by atoms with Crippen molar-refractivity contribution in [3.63, 3.8) is 0 Å². The van der Waals surface area contributed by atoms with Gasteiger partial charge in [-0.25, -0.2) is 13.1 Å². The van der Waals surface area contributed by atoms with Gasteiger partial charge >= 0.3 is 0 Å². The van der Waals surface area contributed by atoms with Gasteiger partial charge in [-0.05, 0) is 18.9 Å². The molecular formula is C17H19N3O3S2. The molecule has 3 heterocycles. The molecule has 0 unspecified atom stereocenters. The molecule has 1 aromatic heterocycles. The number of benzene rings is 1. The summed E-state index contributed by atoms with van der Waals surface area (Å²) in [7, 11) is -3.03. The molecule has 2 atom stereocenters. The molecule has 25 heavy (non-hydrogen) atoms. The minimum absolute atomic E-state index is 0.00177. The number of nitrogens with one attached hydrogen (secondary N) is 1. The number of amides is 1. The quantitative estimate of drug-likeness (QED) is 0.869. The van der Waals surface area contributed by atoms with E-state index in [1.165, 1.54) is 0 Å². The molecule has 6 nitrogen and oxygen atoms in total. The van der Waals surface area contributed by atoms with E-state index in [-0.39, 0.29) is 28.7 Å². The van der Waals surface area contributed by atoms with Crippen LogP contribution in [0.1, 0.15) is 34.5 Å². The van der Waals surface area contributed by atoms with Gasteiger partial charge in [-0.2, -0.15) is 5.10 Å². The topological polar surface area (TPSA) is 81.1 Å². The summed E-state index contributed by atoms with van der Waals surface area (Å²) in [6.07, 6.45) is 0.537. The van der Waals surface area contributed by atoms with Crippen molar-refractivity contribution in [2.75, 3.05) is 22.6 Å². The predicted octanol–water partition coefficient (Wildman–Crippen LogP) is 2.33. The van der Waals surface area contributed by atoms with Crippen molar-refractivity contribution in [1.29, 1.82) is 0 Å². The maximum Gasteiger partial charge on any atom is 0.235 e. The molecule has 4 rings (SSSR count). The average molecular weight is 377 g/mol. The zero-order chi connectivity index (χ0) is 17.6. The molecular weight excluding hydrogens is 358 g/mol. The summed E-state index contributed by atoms with van der Waals surface area (Å²) in [6, 6.07) is 9.82. The molecule has 2 aliphatic rings. The molecule has 1 saturated heterocycles. The highest BCUT2D eigenvalue weighted by Crippen LogP contribution is 2.44. The number of aromatic nitrogens is 2. The molecule has 1 aromatic carbocycles. The van der Waals surface area contributed by atoms with E-state index < -0.39 is 9.84 Å². The monoisotopic (exact) mass is 377 g/mol. The van der Waals surface area contributed by atoms with Gasteiger partial charge < -0.3 is 5.32 Å². The maximum atomic E-state index is 12.2. The number of nitrogens with zero attached hydrogens (tertiary/aromatic N) is 2. The van der Waals surface area contributed by atoms with Crippen LogP contribution in [0.4, 0.5) is 5.82 Å². The zero-order valence-electron chi connectivity index (χ0n) is 13.8. The number of thioether (sulfide) groups is 1. The predicted molar refractivity (Wildman–Crippen MR) is 98.6 cm³/mol. The van der Waals surface area contributed by atoms with Crippen molar-refractivity contribution in [2.45, 2.75) is 24.6 Å². The Labute approximate surface area is 150 Å². The smallest absolute Gasteiger partial charge is 0.235 e. The number of rotatable bonds is 2. The molecule has 0 radical (unpaired) electrons. The third kappa shape index (κ3) is 3.08. The van der Waals surface area contributed by atoms with E-state index in [0.29, 0.717) is 18.0 Å². The van der Waals surface area contributed by atoms with Crippen LogP contribution < -0.4 is 5.32 Å². The number of anilines is 1. The third-order valence-electron chi connectivity index (χ3n) is 4.69. The van der Waals surface area contributed by atoms with Gasteiger partial charge in [0.05, 0.1) is 34.2 Å². The summed E-state index contributed by atoms with van der Waals surface area (Å²) in [4.78, 5) is 12.2. The van der Waals surface area contributed by atoms with Crippen molar-refractivity contribution in [1.82, 2.24) is 9.78 Å². The van der Waals surface area contributed by atoms with Crippen LogP contribution in [0.25, 0.3) is 0 Å². The van der Waals surface area contributed by atoms with Gasteiger partial charge in [0.1, 0.15) is 5.82 Å². The fourth-order valence-corrected chi connectivity index (χ4v) is 6.41. The lowest BCUT2D eigenvalue weighted by atomic mass is 10.0. The van der Waals surface area contributed by atoms with E-state index in [1.807, 2.05) is 37.3 Å². The SMILES string of the molecule is Cc1nn([C@@H]2CCS(=O)(=O)C2)c2c1[C@H](c1ccccc1)SCC(=O)N2. The molecule has 8 heteroatoms. The first-order valence-electron chi connectivity index (χ1n) is 8.20. The summed E-state index contributed by atoms with van der Waals surface area (Å²) in [6.45, 7) is 1.92. The van der Waals surface area contributed by atoms with Gasteiger partial charge in [-0.3, -0.25) is 4.79 Å². The van der Waals surface area contributed by atoms with Crippen molar-refractivity contribution in [3.8, 4) is 0 Å². The first-order valence-corrected chi connectivity index (χ1v) is 11.1. The standard InChI is InChI=1S/C17H19N3O3S2/c1-11-15-16(12-5-3-2-4-6-12)24-9-14(21)18-17(15)20(19-11)13-7-8-25(22,23)10-13/h2-6,13,16H,7-10H2,1H3,(H,18,21)/t13-,16+/m1/s1. The van der Waals surface area contributed by atoms with Gasteiger partial charge in [0.2, 0.25) is 5.91 Å². The highest BCUT2D eigenvalue weighted by Gasteiger charge is 2.36. The Morgan fingerprint density at radius 2 is 2.04 bits per heavy atom. The minimum atomic E-state index is -3.03. The number of hydrogen-bond donors (Lipinski definition) is 1. The number of carbonyl (C=O) groups excluding carboxylic acids is 1. The lowest BCUT2D eigenvalue weighted by molar-refractivity contribution is -0.113. The Bertz CT molecular complexity index is 922. The molecule has 132 valence electrons. The fourth-order valence-electron chi connectivity index (χ4n) is 3.53. The first kappa shape index (κ1) is 16.7. The van der Waals surface area contributed by atoms with Crippen molar-refractivity contribution in [3.05, 3.63) is 47.2 Å². The second kappa shape index (κ2) is 6.17. The van der Waals surface area contributed by atoms with Gasteiger partial charge in [0.15, 0.2) is 9.84 Å². The lowest BCUT2D eigenvalue weighted by Crippen LogP contribution is -2.20. The summed E-state index contributed by atoms with van der Waals surface area (Å²) >= 11 is 1.57. The fraction of sp³-hybridized carbons (Fsp3) is 0.412. The Morgan fingerprint density at radius 3 is 2.72 bits per heavy atom. The van der Waals surface area contributed by atoms with E-state index in [1.54, 1.807) is 16.4 Å². The zero-order valence-corrected chi connectivity index (χ0v) is 15.4. The van der Waals surface area contributed by atoms with E-state index >= 15 is 0 Å². The number of hydrogen-bond acceptors (Lipinski definition) is 5. The third-order valence-corrected chi connectivity index (χ3v) is 7.71. The van der Waals surface area contributed by atoms with E-state index in [4.69, 9.17) is 0 Å². The average Bonchev–Trinajstić information content (AvgIpc) is 3.03. The van der Waals surface area contributed by atoms with Crippen LogP contribution in [0.2, 0.25) is 0 Å². The normalized spacial score (nSPS) is 25.2. The Balaban J connectivity index is 1.82. The number of aryl methyl sites for hydroxylation is 1. The van der Waals surface area contributed by atoms with Crippen LogP contribution in [-0.2, 0) is 14.6 Å². The van der Waals surface area contributed by atoms with Gasteiger partial charge in [-0.1, -0.05) is 30.3 Å². The van der Waals surface area contributed by atoms with Crippen molar-refractivity contribution < 1.29 is 13.2 Å². The van der Waals surface area contributed by atoms with Gasteiger partial charge in [0.25, 0.3) is 0 Å². The van der Waals surface area contributed by atoms with E-state index in [9.17, 15) is 13.2 Å². The molecule has 0 spiro atoms. The van der Waals surface area contributed by atoms with Crippen LogP contribution in [-0.4, -0.2) is 41.4 Å². The van der Waals surface area contributed by atoms with Crippen molar-refractivity contribution >= 4 is 33.3 Å².